The smallest absolute Gasteiger partial charge is 0.354 e. The molecule has 0 aliphatic heterocycles. The highest BCUT2D eigenvalue weighted by atomic mass is 79.9. The molecule has 1 aromatic carbocycles. The number of nitrogens with zero attached hydrogens (tertiary/aromatic N) is 2. The number of halogens is 1. The molecular formula is C13H13BrN2O3. The second-order valence-electron chi connectivity index (χ2n) is 4.07. The van der Waals surface area contributed by atoms with Crippen LogP contribution in [0.1, 0.15) is 16.3 Å². The summed E-state index contributed by atoms with van der Waals surface area (Å²) in [5.41, 5.74) is 1.21. The summed E-state index contributed by atoms with van der Waals surface area (Å²) >= 11 is 3.37. The quantitative estimate of drug-likeness (QED) is 0.942. The summed E-state index contributed by atoms with van der Waals surface area (Å²) in [6, 6.07) is 5.40. The van der Waals surface area contributed by atoms with Crippen LogP contribution in [0, 0.1) is 6.92 Å². The van der Waals surface area contributed by atoms with Crippen LogP contribution in [-0.4, -0.2) is 27.7 Å². The summed E-state index contributed by atoms with van der Waals surface area (Å²) < 4.78 is 7.67. The molecule has 0 atom stereocenters. The van der Waals surface area contributed by atoms with E-state index in [1.54, 1.807) is 37.8 Å². The number of methoxy groups -OCH3 is 1. The summed E-state index contributed by atoms with van der Waals surface area (Å²) in [5.74, 6) is 0.207. The molecule has 100 valence electrons. The first-order valence-electron chi connectivity index (χ1n) is 5.56. The molecular weight excluding hydrogens is 312 g/mol. The number of imidazole rings is 1. The van der Waals surface area contributed by atoms with Gasteiger partial charge in [-0.15, -0.1) is 0 Å². The van der Waals surface area contributed by atoms with Crippen molar-refractivity contribution in [3.8, 4) is 17.0 Å². The molecule has 5 nitrogen and oxygen atoms in total. The van der Waals surface area contributed by atoms with Gasteiger partial charge in [0, 0.05) is 17.1 Å². The number of aryl methyl sites for hydroxylation is 1. The molecule has 1 heterocycles. The van der Waals surface area contributed by atoms with Gasteiger partial charge in [-0.3, -0.25) is 0 Å². The molecule has 0 bridgehead atoms. The maximum absolute atomic E-state index is 11.4. The van der Waals surface area contributed by atoms with Crippen molar-refractivity contribution in [3.05, 3.63) is 34.2 Å². The topological polar surface area (TPSA) is 64.4 Å². The van der Waals surface area contributed by atoms with E-state index in [0.29, 0.717) is 22.8 Å². The molecule has 0 saturated heterocycles. The van der Waals surface area contributed by atoms with Gasteiger partial charge >= 0.3 is 5.97 Å². The zero-order chi connectivity index (χ0) is 14.2. The van der Waals surface area contributed by atoms with Crippen LogP contribution in [-0.2, 0) is 7.05 Å². The molecule has 0 unspecified atom stereocenters. The van der Waals surface area contributed by atoms with Gasteiger partial charge in [-0.1, -0.05) is 15.9 Å². The summed E-state index contributed by atoms with van der Waals surface area (Å²) in [7, 11) is 3.22. The average molecular weight is 325 g/mol. The summed E-state index contributed by atoms with van der Waals surface area (Å²) in [6.45, 7) is 1.76. The molecule has 2 rings (SSSR count). The third-order valence-electron chi connectivity index (χ3n) is 2.94. The molecule has 19 heavy (non-hydrogen) atoms. The fourth-order valence-corrected chi connectivity index (χ4v) is 2.27. The Bertz CT molecular complexity index is 650. The Morgan fingerprint density at radius 1 is 1.47 bits per heavy atom. The van der Waals surface area contributed by atoms with Gasteiger partial charge in [-0.2, -0.15) is 0 Å². The zero-order valence-electron chi connectivity index (χ0n) is 10.8. The predicted molar refractivity (Wildman–Crippen MR) is 74.6 cm³/mol. The monoisotopic (exact) mass is 324 g/mol. The van der Waals surface area contributed by atoms with E-state index < -0.39 is 5.97 Å². The molecule has 0 amide bonds. The first kappa shape index (κ1) is 13.6. The van der Waals surface area contributed by atoms with Crippen LogP contribution in [0.4, 0.5) is 0 Å². The molecule has 6 heteroatoms. The molecule has 1 N–H and O–H groups in total. The lowest BCUT2D eigenvalue weighted by Crippen LogP contribution is -2.07. The third-order valence-corrected chi connectivity index (χ3v) is 3.43. The maximum atomic E-state index is 11.4. The van der Waals surface area contributed by atoms with Crippen molar-refractivity contribution in [2.45, 2.75) is 6.92 Å². The van der Waals surface area contributed by atoms with Gasteiger partial charge in [-0.05, 0) is 25.1 Å². The Labute approximate surface area is 119 Å². The number of benzene rings is 1. The van der Waals surface area contributed by atoms with Crippen molar-refractivity contribution in [1.82, 2.24) is 9.55 Å². The third kappa shape index (κ3) is 2.35. The number of carboxylic acid groups (broad SMARTS) is 1. The standard InChI is InChI=1S/C13H13BrN2O3/c1-7-15-11(12(13(17)18)16(7)2)9-6-8(14)4-5-10(9)19-3/h4-6H,1-3H3,(H,17,18). The normalized spacial score (nSPS) is 10.5. The minimum absolute atomic E-state index is 0.147. The van der Waals surface area contributed by atoms with E-state index >= 15 is 0 Å². The van der Waals surface area contributed by atoms with Crippen LogP contribution < -0.4 is 4.74 Å². The Morgan fingerprint density at radius 2 is 2.16 bits per heavy atom. The number of carbonyl (C=O) groups is 1. The maximum Gasteiger partial charge on any atom is 0.354 e. The lowest BCUT2D eigenvalue weighted by atomic mass is 10.1. The minimum Gasteiger partial charge on any atom is -0.496 e. The van der Waals surface area contributed by atoms with Gasteiger partial charge in [0.15, 0.2) is 5.69 Å². The fourth-order valence-electron chi connectivity index (χ4n) is 1.91. The SMILES string of the molecule is COc1ccc(Br)cc1-c1nc(C)n(C)c1C(=O)O. The number of aromatic carboxylic acids is 1. The van der Waals surface area contributed by atoms with Gasteiger partial charge in [0.05, 0.1) is 7.11 Å². The summed E-state index contributed by atoms with van der Waals surface area (Å²) in [5, 5.41) is 9.34. The average Bonchev–Trinajstić information content (AvgIpc) is 2.65. The number of hydrogen-bond donors (Lipinski definition) is 1. The highest BCUT2D eigenvalue weighted by molar-refractivity contribution is 9.10. The number of hydrogen-bond acceptors (Lipinski definition) is 3. The summed E-state index contributed by atoms with van der Waals surface area (Å²) in [4.78, 5) is 15.7. The van der Waals surface area contributed by atoms with E-state index in [-0.39, 0.29) is 5.69 Å². The van der Waals surface area contributed by atoms with Crippen molar-refractivity contribution >= 4 is 21.9 Å². The zero-order valence-corrected chi connectivity index (χ0v) is 12.4. The minimum atomic E-state index is -1.01. The number of aromatic nitrogens is 2. The molecule has 1 aromatic heterocycles. The molecule has 0 radical (unpaired) electrons. The Hall–Kier alpha value is -1.82. The number of rotatable bonds is 3. The lowest BCUT2D eigenvalue weighted by molar-refractivity contribution is 0.0687. The van der Waals surface area contributed by atoms with E-state index in [4.69, 9.17) is 4.74 Å². The van der Waals surface area contributed by atoms with E-state index in [2.05, 4.69) is 20.9 Å². The molecule has 0 fully saturated rings. The van der Waals surface area contributed by atoms with Crippen molar-refractivity contribution < 1.29 is 14.6 Å². The lowest BCUT2D eigenvalue weighted by Gasteiger charge is -2.08. The summed E-state index contributed by atoms with van der Waals surface area (Å²) in [6.07, 6.45) is 0. The van der Waals surface area contributed by atoms with Crippen LogP contribution in [0.3, 0.4) is 0 Å². The van der Waals surface area contributed by atoms with Crippen molar-refractivity contribution in [1.29, 1.82) is 0 Å². The molecule has 0 saturated carbocycles. The molecule has 0 spiro atoms. The second kappa shape index (κ2) is 5.05. The van der Waals surface area contributed by atoms with Crippen LogP contribution in [0.25, 0.3) is 11.3 Å². The van der Waals surface area contributed by atoms with Crippen molar-refractivity contribution in [2.24, 2.45) is 7.05 Å². The van der Waals surface area contributed by atoms with Crippen molar-refractivity contribution in [2.75, 3.05) is 7.11 Å². The van der Waals surface area contributed by atoms with Gasteiger partial charge in [-0.25, -0.2) is 9.78 Å². The van der Waals surface area contributed by atoms with Gasteiger partial charge in [0.25, 0.3) is 0 Å². The van der Waals surface area contributed by atoms with Crippen molar-refractivity contribution in [3.63, 3.8) is 0 Å². The highest BCUT2D eigenvalue weighted by Crippen LogP contribution is 2.34. The van der Waals surface area contributed by atoms with E-state index in [0.717, 1.165) is 4.47 Å². The molecule has 0 aliphatic carbocycles. The van der Waals surface area contributed by atoms with Crippen LogP contribution >= 0.6 is 15.9 Å². The Kier molecular flexibility index (Phi) is 3.61. The van der Waals surface area contributed by atoms with E-state index in [1.807, 2.05) is 6.07 Å². The van der Waals surface area contributed by atoms with Gasteiger partial charge < -0.3 is 14.4 Å². The van der Waals surface area contributed by atoms with Gasteiger partial charge in [0.1, 0.15) is 17.3 Å². The van der Waals surface area contributed by atoms with E-state index in [9.17, 15) is 9.90 Å². The largest absolute Gasteiger partial charge is 0.496 e. The van der Waals surface area contributed by atoms with Crippen LogP contribution in [0.15, 0.2) is 22.7 Å². The number of carboxylic acids is 1. The second-order valence-corrected chi connectivity index (χ2v) is 4.98. The van der Waals surface area contributed by atoms with Gasteiger partial charge in [0.2, 0.25) is 0 Å². The first-order valence-corrected chi connectivity index (χ1v) is 6.35. The van der Waals surface area contributed by atoms with Crippen LogP contribution in [0.5, 0.6) is 5.75 Å². The van der Waals surface area contributed by atoms with Crippen LogP contribution in [0.2, 0.25) is 0 Å². The predicted octanol–water partition coefficient (Wildman–Crippen LogP) is 2.86. The Balaban J connectivity index is 2.75. The Morgan fingerprint density at radius 3 is 2.74 bits per heavy atom. The number of ether oxygens (including phenoxy) is 1. The van der Waals surface area contributed by atoms with E-state index in [1.165, 1.54) is 0 Å². The molecule has 2 aromatic rings. The molecule has 0 aliphatic rings. The fraction of sp³-hybridized carbons (Fsp3) is 0.231. The first-order chi connectivity index (χ1) is 8.95. The highest BCUT2D eigenvalue weighted by Gasteiger charge is 2.22.